The Hall–Kier alpha value is -1.87. The van der Waals surface area contributed by atoms with Gasteiger partial charge in [-0.1, -0.05) is 41.4 Å². The van der Waals surface area contributed by atoms with Gasteiger partial charge in [0.05, 0.1) is 12.5 Å². The number of nitrogens with one attached hydrogen (secondary N) is 1. The van der Waals surface area contributed by atoms with E-state index in [0.29, 0.717) is 10.6 Å². The Balaban J connectivity index is 2.05. The second-order valence-corrected chi connectivity index (χ2v) is 6.00. The van der Waals surface area contributed by atoms with Crippen molar-refractivity contribution < 1.29 is 9.18 Å². The zero-order valence-electron chi connectivity index (χ0n) is 12.9. The minimum absolute atomic E-state index is 0.00173. The average molecular weight is 320 g/mol. The third kappa shape index (κ3) is 4.08. The first kappa shape index (κ1) is 16.5. The van der Waals surface area contributed by atoms with Crippen molar-refractivity contribution in [2.24, 2.45) is 0 Å². The SMILES string of the molecule is Cc1ccc(C(C)NC(=O)Cc2ccc(Cl)cc2F)c(C)c1. The maximum absolute atomic E-state index is 13.7. The highest BCUT2D eigenvalue weighted by Crippen LogP contribution is 2.19. The van der Waals surface area contributed by atoms with E-state index in [1.165, 1.54) is 11.6 Å². The van der Waals surface area contributed by atoms with Gasteiger partial charge in [0.25, 0.3) is 0 Å². The van der Waals surface area contributed by atoms with Crippen LogP contribution in [0.15, 0.2) is 36.4 Å². The number of halogens is 2. The molecule has 2 nitrogen and oxygen atoms in total. The van der Waals surface area contributed by atoms with Crippen molar-refractivity contribution in [3.63, 3.8) is 0 Å². The molecule has 0 saturated carbocycles. The van der Waals surface area contributed by atoms with Crippen LogP contribution in [-0.2, 0) is 11.2 Å². The van der Waals surface area contributed by atoms with Gasteiger partial charge in [0, 0.05) is 5.02 Å². The second kappa shape index (κ2) is 6.93. The Morgan fingerprint density at radius 3 is 2.59 bits per heavy atom. The molecule has 0 aliphatic rings. The van der Waals surface area contributed by atoms with Crippen LogP contribution in [0.5, 0.6) is 0 Å². The molecule has 4 heteroatoms. The van der Waals surface area contributed by atoms with Gasteiger partial charge in [-0.05, 0) is 49.6 Å². The van der Waals surface area contributed by atoms with E-state index in [9.17, 15) is 9.18 Å². The quantitative estimate of drug-likeness (QED) is 0.882. The molecule has 0 bridgehead atoms. The molecule has 0 heterocycles. The fourth-order valence-electron chi connectivity index (χ4n) is 2.52. The molecule has 0 saturated heterocycles. The molecule has 2 aromatic rings. The summed E-state index contributed by atoms with van der Waals surface area (Å²) < 4.78 is 13.7. The van der Waals surface area contributed by atoms with E-state index >= 15 is 0 Å². The Labute approximate surface area is 135 Å². The summed E-state index contributed by atoms with van der Waals surface area (Å²) in [7, 11) is 0. The Kier molecular flexibility index (Phi) is 5.19. The highest BCUT2D eigenvalue weighted by molar-refractivity contribution is 6.30. The lowest BCUT2D eigenvalue weighted by molar-refractivity contribution is -0.121. The highest BCUT2D eigenvalue weighted by Gasteiger charge is 2.14. The van der Waals surface area contributed by atoms with Crippen LogP contribution in [0.2, 0.25) is 5.02 Å². The van der Waals surface area contributed by atoms with Gasteiger partial charge in [0.2, 0.25) is 5.91 Å². The molecule has 0 aliphatic heterocycles. The zero-order chi connectivity index (χ0) is 16.3. The summed E-state index contributed by atoms with van der Waals surface area (Å²) in [5.74, 6) is -0.671. The third-order valence-electron chi connectivity index (χ3n) is 3.64. The van der Waals surface area contributed by atoms with Crippen molar-refractivity contribution in [2.75, 3.05) is 0 Å². The fraction of sp³-hybridized carbons (Fsp3) is 0.278. The van der Waals surface area contributed by atoms with Crippen molar-refractivity contribution in [2.45, 2.75) is 33.2 Å². The molecule has 0 spiro atoms. The first-order valence-electron chi connectivity index (χ1n) is 7.17. The summed E-state index contributed by atoms with van der Waals surface area (Å²) >= 11 is 5.71. The van der Waals surface area contributed by atoms with Crippen LogP contribution in [0.1, 0.15) is 35.2 Å². The molecule has 1 atom stereocenters. The maximum atomic E-state index is 13.7. The Bertz CT molecular complexity index is 699. The van der Waals surface area contributed by atoms with E-state index in [0.717, 1.165) is 11.1 Å². The van der Waals surface area contributed by atoms with Gasteiger partial charge in [0.1, 0.15) is 5.82 Å². The van der Waals surface area contributed by atoms with Crippen molar-refractivity contribution in [1.82, 2.24) is 5.32 Å². The third-order valence-corrected chi connectivity index (χ3v) is 3.87. The number of hydrogen-bond donors (Lipinski definition) is 1. The zero-order valence-corrected chi connectivity index (χ0v) is 13.7. The monoisotopic (exact) mass is 319 g/mol. The van der Waals surface area contributed by atoms with E-state index in [-0.39, 0.29) is 18.4 Å². The van der Waals surface area contributed by atoms with Crippen LogP contribution >= 0.6 is 11.6 Å². The molecule has 0 fully saturated rings. The number of carbonyl (C=O) groups is 1. The summed E-state index contributed by atoms with van der Waals surface area (Å²) in [5.41, 5.74) is 3.72. The number of carbonyl (C=O) groups excluding carboxylic acids is 1. The summed E-state index contributed by atoms with van der Waals surface area (Å²) in [4.78, 5) is 12.1. The van der Waals surface area contributed by atoms with Crippen LogP contribution < -0.4 is 5.32 Å². The fourth-order valence-corrected chi connectivity index (χ4v) is 2.68. The highest BCUT2D eigenvalue weighted by atomic mass is 35.5. The van der Waals surface area contributed by atoms with Crippen LogP contribution in [-0.4, -0.2) is 5.91 Å². The number of rotatable bonds is 4. The molecular weight excluding hydrogens is 301 g/mol. The number of hydrogen-bond acceptors (Lipinski definition) is 1. The lowest BCUT2D eigenvalue weighted by atomic mass is 10.00. The normalized spacial score (nSPS) is 12.0. The largest absolute Gasteiger partial charge is 0.349 e. The smallest absolute Gasteiger partial charge is 0.225 e. The Morgan fingerprint density at radius 1 is 1.23 bits per heavy atom. The van der Waals surface area contributed by atoms with Gasteiger partial charge >= 0.3 is 0 Å². The molecule has 22 heavy (non-hydrogen) atoms. The summed E-state index contributed by atoms with van der Waals surface area (Å²) in [5, 5.41) is 3.23. The molecule has 116 valence electrons. The summed E-state index contributed by atoms with van der Waals surface area (Å²) in [6.07, 6.45) is -0.00173. The van der Waals surface area contributed by atoms with Crippen molar-refractivity contribution in [3.05, 3.63) is 69.5 Å². The van der Waals surface area contributed by atoms with Gasteiger partial charge in [0.15, 0.2) is 0 Å². The lowest BCUT2D eigenvalue weighted by Gasteiger charge is -2.17. The molecule has 0 aliphatic carbocycles. The van der Waals surface area contributed by atoms with Crippen LogP contribution in [0.25, 0.3) is 0 Å². The number of amides is 1. The molecule has 1 unspecified atom stereocenters. The number of aryl methyl sites for hydroxylation is 2. The van der Waals surface area contributed by atoms with Crippen molar-refractivity contribution >= 4 is 17.5 Å². The van der Waals surface area contributed by atoms with Gasteiger partial charge in [-0.15, -0.1) is 0 Å². The summed E-state index contributed by atoms with van der Waals surface area (Å²) in [6, 6.07) is 10.3. The first-order chi connectivity index (χ1) is 10.4. The topological polar surface area (TPSA) is 29.1 Å². The van der Waals surface area contributed by atoms with Gasteiger partial charge in [-0.3, -0.25) is 4.79 Å². The molecule has 0 radical (unpaired) electrons. The van der Waals surface area contributed by atoms with E-state index in [1.54, 1.807) is 12.1 Å². The van der Waals surface area contributed by atoms with E-state index < -0.39 is 5.82 Å². The van der Waals surface area contributed by atoms with Crippen LogP contribution in [0.4, 0.5) is 4.39 Å². The Morgan fingerprint density at radius 2 is 1.95 bits per heavy atom. The average Bonchev–Trinajstić information content (AvgIpc) is 2.41. The van der Waals surface area contributed by atoms with Gasteiger partial charge < -0.3 is 5.32 Å². The number of benzene rings is 2. The van der Waals surface area contributed by atoms with Gasteiger partial charge in [-0.2, -0.15) is 0 Å². The minimum atomic E-state index is -0.457. The molecule has 1 amide bonds. The predicted octanol–water partition coefficient (Wildman–Crippen LogP) is 4.52. The van der Waals surface area contributed by atoms with E-state index in [2.05, 4.69) is 11.4 Å². The first-order valence-corrected chi connectivity index (χ1v) is 7.55. The lowest BCUT2D eigenvalue weighted by Crippen LogP contribution is -2.28. The standard InChI is InChI=1S/C18H19ClFNO/c1-11-4-7-16(12(2)8-11)13(3)21-18(22)9-14-5-6-15(19)10-17(14)20/h4-8,10,13H,9H2,1-3H3,(H,21,22). The van der Waals surface area contributed by atoms with E-state index in [1.807, 2.05) is 32.9 Å². The molecular formula is C18H19ClFNO. The molecule has 0 aromatic heterocycles. The van der Waals surface area contributed by atoms with Crippen LogP contribution in [0, 0.1) is 19.7 Å². The van der Waals surface area contributed by atoms with Crippen molar-refractivity contribution in [1.29, 1.82) is 0 Å². The van der Waals surface area contributed by atoms with Crippen LogP contribution in [0.3, 0.4) is 0 Å². The van der Waals surface area contributed by atoms with Gasteiger partial charge in [-0.25, -0.2) is 4.39 Å². The predicted molar refractivity (Wildman–Crippen MR) is 87.6 cm³/mol. The van der Waals surface area contributed by atoms with E-state index in [4.69, 9.17) is 11.6 Å². The molecule has 1 N–H and O–H groups in total. The second-order valence-electron chi connectivity index (χ2n) is 5.56. The maximum Gasteiger partial charge on any atom is 0.225 e. The molecule has 2 aromatic carbocycles. The van der Waals surface area contributed by atoms with Crippen molar-refractivity contribution in [3.8, 4) is 0 Å². The summed E-state index contributed by atoms with van der Waals surface area (Å²) in [6.45, 7) is 5.97. The molecule has 2 rings (SSSR count). The minimum Gasteiger partial charge on any atom is -0.349 e.